The number of hydrogen-bond acceptors (Lipinski definition) is 4. The molecule has 1 fully saturated rings. The summed E-state index contributed by atoms with van der Waals surface area (Å²) in [6.45, 7) is 3.25. The second-order valence-electron chi connectivity index (χ2n) is 4.41. The first-order chi connectivity index (χ1) is 8.13. The molecule has 0 aromatic heterocycles. The summed E-state index contributed by atoms with van der Waals surface area (Å²) < 4.78 is 18.7. The number of benzene rings is 1. The minimum absolute atomic E-state index is 0.137. The number of morpholine rings is 1. The summed E-state index contributed by atoms with van der Waals surface area (Å²) in [5, 5.41) is 3.14. The molecule has 0 spiro atoms. The Labute approximate surface area is 101 Å². The normalized spacial score (nSPS) is 21.4. The van der Waals surface area contributed by atoms with E-state index < -0.39 is 0 Å². The van der Waals surface area contributed by atoms with Crippen LogP contribution in [-0.4, -0.2) is 44.3 Å². The zero-order valence-corrected chi connectivity index (χ0v) is 9.95. The highest BCUT2D eigenvalue weighted by atomic mass is 19.1. The Morgan fingerprint density at radius 2 is 2.35 bits per heavy atom. The van der Waals surface area contributed by atoms with Gasteiger partial charge in [-0.2, -0.15) is 0 Å². The summed E-state index contributed by atoms with van der Waals surface area (Å²) in [6, 6.07) is 4.45. The number of ether oxygens (including phenoxy) is 1. The Morgan fingerprint density at radius 1 is 1.53 bits per heavy atom. The lowest BCUT2D eigenvalue weighted by atomic mass is 10.2. The zero-order chi connectivity index (χ0) is 12.3. The Morgan fingerprint density at radius 3 is 3.06 bits per heavy atom. The van der Waals surface area contributed by atoms with Crippen LogP contribution in [0.1, 0.15) is 0 Å². The first-order valence-electron chi connectivity index (χ1n) is 5.73. The van der Waals surface area contributed by atoms with Crippen LogP contribution < -0.4 is 11.1 Å². The third-order valence-corrected chi connectivity index (χ3v) is 2.80. The van der Waals surface area contributed by atoms with Crippen LogP contribution in [0.3, 0.4) is 0 Å². The average molecular weight is 239 g/mol. The first-order valence-corrected chi connectivity index (χ1v) is 5.73. The summed E-state index contributed by atoms with van der Waals surface area (Å²) in [6.07, 6.45) is 0.137. The number of likely N-dealkylation sites (N-methyl/N-ethyl adjacent to an activating group) is 1. The van der Waals surface area contributed by atoms with Crippen LogP contribution >= 0.6 is 0 Å². The molecule has 1 aliphatic heterocycles. The molecule has 0 amide bonds. The molecule has 0 saturated carbocycles. The van der Waals surface area contributed by atoms with Crippen molar-refractivity contribution in [3.05, 3.63) is 24.0 Å². The lowest BCUT2D eigenvalue weighted by molar-refractivity contribution is -0.0117. The quantitative estimate of drug-likeness (QED) is 0.777. The van der Waals surface area contributed by atoms with E-state index in [1.807, 2.05) is 0 Å². The summed E-state index contributed by atoms with van der Waals surface area (Å²) in [5.41, 5.74) is 6.69. The fourth-order valence-corrected chi connectivity index (χ4v) is 1.94. The van der Waals surface area contributed by atoms with Gasteiger partial charge in [-0.1, -0.05) is 0 Å². The van der Waals surface area contributed by atoms with Gasteiger partial charge in [0.2, 0.25) is 0 Å². The Bertz CT molecular complexity index is 366. The van der Waals surface area contributed by atoms with Crippen molar-refractivity contribution in [1.29, 1.82) is 0 Å². The van der Waals surface area contributed by atoms with Gasteiger partial charge < -0.3 is 20.7 Å². The van der Waals surface area contributed by atoms with Crippen LogP contribution in [0.4, 0.5) is 15.8 Å². The molecular weight excluding hydrogens is 221 g/mol. The number of nitrogens with one attached hydrogen (secondary N) is 1. The van der Waals surface area contributed by atoms with Gasteiger partial charge in [0.05, 0.1) is 12.7 Å². The lowest BCUT2D eigenvalue weighted by Crippen LogP contribution is -2.43. The van der Waals surface area contributed by atoms with Gasteiger partial charge in [-0.05, 0) is 25.2 Å². The lowest BCUT2D eigenvalue weighted by Gasteiger charge is -2.30. The molecule has 0 radical (unpaired) electrons. The van der Waals surface area contributed by atoms with E-state index >= 15 is 0 Å². The maximum absolute atomic E-state index is 13.1. The van der Waals surface area contributed by atoms with E-state index in [-0.39, 0.29) is 11.9 Å². The number of anilines is 2. The van der Waals surface area contributed by atoms with E-state index in [4.69, 9.17) is 10.5 Å². The van der Waals surface area contributed by atoms with Gasteiger partial charge in [-0.15, -0.1) is 0 Å². The summed E-state index contributed by atoms with van der Waals surface area (Å²) in [5.74, 6) is -0.325. The third kappa shape index (κ3) is 3.57. The topological polar surface area (TPSA) is 50.5 Å². The highest BCUT2D eigenvalue weighted by Crippen LogP contribution is 2.15. The van der Waals surface area contributed by atoms with Crippen LogP contribution in [0, 0.1) is 5.82 Å². The fraction of sp³-hybridized carbons (Fsp3) is 0.500. The SMILES string of the molecule is CN1CCOC(CNc2cc(N)cc(F)c2)C1. The molecule has 0 aliphatic carbocycles. The molecule has 1 aromatic carbocycles. The predicted molar refractivity (Wildman–Crippen MR) is 66.5 cm³/mol. The molecule has 1 aliphatic rings. The number of rotatable bonds is 3. The van der Waals surface area contributed by atoms with E-state index in [0.29, 0.717) is 17.9 Å². The molecule has 94 valence electrons. The number of nitrogens with zero attached hydrogens (tertiary/aromatic N) is 1. The number of hydrogen-bond donors (Lipinski definition) is 2. The van der Waals surface area contributed by atoms with Crippen molar-refractivity contribution in [3.63, 3.8) is 0 Å². The minimum Gasteiger partial charge on any atom is -0.399 e. The van der Waals surface area contributed by atoms with E-state index in [1.165, 1.54) is 12.1 Å². The van der Waals surface area contributed by atoms with E-state index in [9.17, 15) is 4.39 Å². The van der Waals surface area contributed by atoms with Gasteiger partial charge in [-0.3, -0.25) is 0 Å². The highest BCUT2D eigenvalue weighted by molar-refractivity contribution is 5.54. The fourth-order valence-electron chi connectivity index (χ4n) is 1.94. The van der Waals surface area contributed by atoms with Crippen molar-refractivity contribution in [3.8, 4) is 0 Å². The van der Waals surface area contributed by atoms with Crippen molar-refractivity contribution in [2.45, 2.75) is 6.10 Å². The van der Waals surface area contributed by atoms with Crippen LogP contribution in [0.2, 0.25) is 0 Å². The average Bonchev–Trinajstić information content (AvgIpc) is 2.25. The van der Waals surface area contributed by atoms with Gasteiger partial charge in [-0.25, -0.2) is 4.39 Å². The first kappa shape index (κ1) is 12.1. The third-order valence-electron chi connectivity index (χ3n) is 2.80. The van der Waals surface area contributed by atoms with Crippen molar-refractivity contribution < 1.29 is 9.13 Å². The van der Waals surface area contributed by atoms with E-state index in [1.54, 1.807) is 6.07 Å². The smallest absolute Gasteiger partial charge is 0.127 e. The van der Waals surface area contributed by atoms with Gasteiger partial charge in [0.15, 0.2) is 0 Å². The Hall–Kier alpha value is -1.33. The number of nitrogens with two attached hydrogens (primary N) is 1. The van der Waals surface area contributed by atoms with Gasteiger partial charge in [0.25, 0.3) is 0 Å². The van der Waals surface area contributed by atoms with Crippen LogP contribution in [-0.2, 0) is 4.74 Å². The molecule has 5 heteroatoms. The van der Waals surface area contributed by atoms with Crippen LogP contribution in [0.5, 0.6) is 0 Å². The number of nitrogen functional groups attached to an aromatic ring is 1. The van der Waals surface area contributed by atoms with Gasteiger partial charge in [0, 0.05) is 31.0 Å². The molecule has 4 nitrogen and oxygen atoms in total. The summed E-state index contributed by atoms with van der Waals surface area (Å²) >= 11 is 0. The maximum atomic E-state index is 13.1. The van der Waals surface area contributed by atoms with Gasteiger partial charge in [0.1, 0.15) is 5.82 Å². The second kappa shape index (κ2) is 5.33. The standard InChI is InChI=1S/C12H18FN3O/c1-16-2-3-17-12(8-16)7-15-11-5-9(13)4-10(14)6-11/h4-6,12,15H,2-3,7-8,14H2,1H3. The van der Waals surface area contributed by atoms with Gasteiger partial charge >= 0.3 is 0 Å². The Kier molecular flexibility index (Phi) is 3.81. The van der Waals surface area contributed by atoms with E-state index in [2.05, 4.69) is 17.3 Å². The van der Waals surface area contributed by atoms with Crippen LogP contribution in [0.25, 0.3) is 0 Å². The molecule has 1 atom stereocenters. The highest BCUT2D eigenvalue weighted by Gasteiger charge is 2.17. The van der Waals surface area contributed by atoms with Crippen molar-refractivity contribution in [2.75, 3.05) is 44.3 Å². The van der Waals surface area contributed by atoms with Crippen LogP contribution in [0.15, 0.2) is 18.2 Å². The monoisotopic (exact) mass is 239 g/mol. The molecule has 0 bridgehead atoms. The molecule has 17 heavy (non-hydrogen) atoms. The van der Waals surface area contributed by atoms with Crippen molar-refractivity contribution in [1.82, 2.24) is 4.90 Å². The minimum atomic E-state index is -0.325. The predicted octanol–water partition coefficient (Wildman–Crippen LogP) is 1.15. The van der Waals surface area contributed by atoms with Crippen molar-refractivity contribution in [2.24, 2.45) is 0 Å². The largest absolute Gasteiger partial charge is 0.399 e. The molecular formula is C12H18FN3O. The molecule has 1 heterocycles. The van der Waals surface area contributed by atoms with E-state index in [0.717, 1.165) is 19.7 Å². The molecule has 3 N–H and O–H groups in total. The number of halogens is 1. The molecule has 1 saturated heterocycles. The molecule has 1 unspecified atom stereocenters. The summed E-state index contributed by atoms with van der Waals surface area (Å²) in [4.78, 5) is 2.22. The zero-order valence-electron chi connectivity index (χ0n) is 9.95. The summed E-state index contributed by atoms with van der Waals surface area (Å²) in [7, 11) is 2.07. The van der Waals surface area contributed by atoms with Crippen molar-refractivity contribution >= 4 is 11.4 Å². The Balaban J connectivity index is 1.88. The molecule has 1 aromatic rings. The molecule has 2 rings (SSSR count). The maximum Gasteiger partial charge on any atom is 0.127 e. The second-order valence-corrected chi connectivity index (χ2v) is 4.41.